The minimum Gasteiger partial charge on any atom is -0.352 e. The average Bonchev–Trinajstić information content (AvgIpc) is 2.89. The fraction of sp³-hybridized carbons (Fsp3) is 0.296. The fourth-order valence-corrected chi connectivity index (χ4v) is 4.08. The van der Waals surface area contributed by atoms with Gasteiger partial charge in [-0.15, -0.1) is 0 Å². The highest BCUT2D eigenvalue weighted by atomic mass is 19.4. The van der Waals surface area contributed by atoms with Gasteiger partial charge in [0.2, 0.25) is 5.91 Å². The van der Waals surface area contributed by atoms with Crippen LogP contribution in [0.15, 0.2) is 84.0 Å². The maximum Gasteiger partial charge on any atom is 0.433 e. The Morgan fingerprint density at radius 1 is 0.943 bits per heavy atom. The van der Waals surface area contributed by atoms with Gasteiger partial charge >= 0.3 is 6.18 Å². The number of piperidine rings is 1. The SMILES string of the molecule is O=C(NCc1ccc(C(F)(F)F)nc1)C1CCN(CN=C(c2ccccc2)c2ccccc2)CC1. The number of carbonyl (C=O) groups is 1. The summed E-state index contributed by atoms with van der Waals surface area (Å²) in [6.07, 6.45) is -1.90. The molecule has 0 aliphatic carbocycles. The van der Waals surface area contributed by atoms with Crippen molar-refractivity contribution in [3.8, 4) is 0 Å². The van der Waals surface area contributed by atoms with Gasteiger partial charge < -0.3 is 5.32 Å². The van der Waals surface area contributed by atoms with Crippen LogP contribution in [0.5, 0.6) is 0 Å². The predicted octanol–water partition coefficient (Wildman–Crippen LogP) is 4.92. The third-order valence-electron chi connectivity index (χ3n) is 6.06. The highest BCUT2D eigenvalue weighted by Crippen LogP contribution is 2.27. The second-order valence-electron chi connectivity index (χ2n) is 8.54. The van der Waals surface area contributed by atoms with Gasteiger partial charge in [-0.1, -0.05) is 66.7 Å². The lowest BCUT2D eigenvalue weighted by Gasteiger charge is -2.30. The molecule has 0 atom stereocenters. The fourth-order valence-electron chi connectivity index (χ4n) is 4.08. The number of alkyl halides is 3. The number of nitrogens with one attached hydrogen (secondary N) is 1. The van der Waals surface area contributed by atoms with Crippen LogP contribution in [0.4, 0.5) is 13.2 Å². The molecule has 0 unspecified atom stereocenters. The molecule has 1 fully saturated rings. The van der Waals surface area contributed by atoms with E-state index in [0.717, 1.165) is 42.2 Å². The molecule has 1 N–H and O–H groups in total. The number of hydrogen-bond acceptors (Lipinski definition) is 4. The van der Waals surface area contributed by atoms with E-state index in [0.29, 0.717) is 25.1 Å². The van der Waals surface area contributed by atoms with Crippen LogP contribution in [0.1, 0.15) is 35.2 Å². The lowest BCUT2D eigenvalue weighted by molar-refractivity contribution is -0.141. The maximum absolute atomic E-state index is 12.6. The molecule has 0 saturated carbocycles. The second kappa shape index (κ2) is 11.3. The van der Waals surface area contributed by atoms with Crippen molar-refractivity contribution in [1.29, 1.82) is 0 Å². The third-order valence-corrected chi connectivity index (χ3v) is 6.06. The summed E-state index contributed by atoms with van der Waals surface area (Å²) in [5.74, 6) is -0.206. The summed E-state index contributed by atoms with van der Waals surface area (Å²) in [5.41, 5.74) is 2.66. The van der Waals surface area contributed by atoms with Crippen LogP contribution in [-0.4, -0.2) is 41.3 Å². The first kappa shape index (κ1) is 24.6. The second-order valence-corrected chi connectivity index (χ2v) is 8.54. The van der Waals surface area contributed by atoms with E-state index in [1.165, 1.54) is 6.07 Å². The number of carbonyl (C=O) groups excluding carboxylic acids is 1. The Bertz CT molecular complexity index is 1080. The largest absolute Gasteiger partial charge is 0.433 e. The van der Waals surface area contributed by atoms with Crippen LogP contribution in [0.25, 0.3) is 0 Å². The number of halogens is 3. The highest BCUT2D eigenvalue weighted by Gasteiger charge is 2.32. The number of amides is 1. The van der Waals surface area contributed by atoms with Gasteiger partial charge in [0.15, 0.2) is 0 Å². The van der Waals surface area contributed by atoms with E-state index >= 15 is 0 Å². The summed E-state index contributed by atoms with van der Waals surface area (Å²) in [5, 5.41) is 2.83. The molecular formula is C27H27F3N4O. The molecule has 2 aromatic carbocycles. The van der Waals surface area contributed by atoms with Crippen LogP contribution in [-0.2, 0) is 17.5 Å². The molecule has 1 aliphatic rings. The lowest BCUT2D eigenvalue weighted by atomic mass is 9.96. The Morgan fingerprint density at radius 3 is 2.06 bits per heavy atom. The molecule has 0 radical (unpaired) electrons. The molecule has 182 valence electrons. The number of likely N-dealkylation sites (tertiary alicyclic amines) is 1. The Labute approximate surface area is 202 Å². The van der Waals surface area contributed by atoms with E-state index in [-0.39, 0.29) is 18.4 Å². The molecule has 1 saturated heterocycles. The van der Waals surface area contributed by atoms with Crippen LogP contribution >= 0.6 is 0 Å². The van der Waals surface area contributed by atoms with E-state index in [1.54, 1.807) is 0 Å². The number of hydrogen-bond donors (Lipinski definition) is 1. The van der Waals surface area contributed by atoms with Crippen molar-refractivity contribution in [3.63, 3.8) is 0 Å². The summed E-state index contributed by atoms with van der Waals surface area (Å²) in [6.45, 7) is 2.21. The van der Waals surface area contributed by atoms with E-state index in [2.05, 4.69) is 39.5 Å². The number of benzene rings is 2. The minimum atomic E-state index is -4.47. The Hall–Kier alpha value is -3.52. The molecule has 4 rings (SSSR count). The molecule has 0 spiro atoms. The van der Waals surface area contributed by atoms with Crippen LogP contribution in [0.3, 0.4) is 0 Å². The molecule has 1 aliphatic heterocycles. The summed E-state index contributed by atoms with van der Waals surface area (Å²) in [7, 11) is 0. The van der Waals surface area contributed by atoms with Crippen molar-refractivity contribution in [2.75, 3.05) is 19.8 Å². The Morgan fingerprint density at radius 2 is 1.54 bits per heavy atom. The first-order valence-electron chi connectivity index (χ1n) is 11.6. The minimum absolute atomic E-state index is 0.0812. The molecule has 2 heterocycles. The first-order valence-corrected chi connectivity index (χ1v) is 11.6. The lowest BCUT2D eigenvalue weighted by Crippen LogP contribution is -2.40. The number of aromatic nitrogens is 1. The molecule has 5 nitrogen and oxygen atoms in total. The molecule has 3 aromatic rings. The van der Waals surface area contributed by atoms with Gasteiger partial charge in [0.05, 0.1) is 12.4 Å². The number of rotatable bonds is 7. The standard InChI is InChI=1S/C27H27F3N4O/c28-27(29,30)24-12-11-20(17-31-24)18-32-26(35)23-13-15-34(16-14-23)19-33-25(21-7-3-1-4-8-21)22-9-5-2-6-10-22/h1-12,17,23H,13-16,18-19H2,(H,32,35). The van der Waals surface area contributed by atoms with E-state index in [4.69, 9.17) is 4.99 Å². The summed E-state index contributed by atoms with van der Waals surface area (Å²) in [6, 6.07) is 22.4. The number of nitrogens with zero attached hydrogens (tertiary/aromatic N) is 3. The van der Waals surface area contributed by atoms with Crippen molar-refractivity contribution in [1.82, 2.24) is 15.2 Å². The van der Waals surface area contributed by atoms with Crippen molar-refractivity contribution in [2.24, 2.45) is 10.9 Å². The maximum atomic E-state index is 12.6. The van der Waals surface area contributed by atoms with Crippen molar-refractivity contribution in [2.45, 2.75) is 25.6 Å². The zero-order valence-electron chi connectivity index (χ0n) is 19.2. The summed E-state index contributed by atoms with van der Waals surface area (Å²) in [4.78, 5) is 23.2. The third kappa shape index (κ3) is 6.76. The van der Waals surface area contributed by atoms with Crippen LogP contribution in [0.2, 0.25) is 0 Å². The van der Waals surface area contributed by atoms with Crippen molar-refractivity contribution < 1.29 is 18.0 Å². The van der Waals surface area contributed by atoms with Crippen molar-refractivity contribution >= 4 is 11.6 Å². The number of aliphatic imine (C=N–C) groups is 1. The zero-order chi connectivity index (χ0) is 24.7. The van der Waals surface area contributed by atoms with Gasteiger partial charge in [-0.25, -0.2) is 0 Å². The first-order chi connectivity index (χ1) is 16.9. The molecule has 8 heteroatoms. The topological polar surface area (TPSA) is 57.6 Å². The zero-order valence-corrected chi connectivity index (χ0v) is 19.2. The molecule has 1 aromatic heterocycles. The van der Waals surface area contributed by atoms with Crippen molar-refractivity contribution in [3.05, 3.63) is 101 Å². The number of pyridine rings is 1. The van der Waals surface area contributed by atoms with Gasteiger partial charge in [0.1, 0.15) is 5.69 Å². The average molecular weight is 481 g/mol. The summed E-state index contributed by atoms with van der Waals surface area (Å²) < 4.78 is 37.9. The smallest absolute Gasteiger partial charge is 0.352 e. The van der Waals surface area contributed by atoms with Crippen LogP contribution in [0, 0.1) is 5.92 Å². The van der Waals surface area contributed by atoms with Crippen LogP contribution < -0.4 is 5.32 Å². The molecular weight excluding hydrogens is 453 g/mol. The predicted molar refractivity (Wildman–Crippen MR) is 129 cm³/mol. The summed E-state index contributed by atoms with van der Waals surface area (Å²) >= 11 is 0. The normalized spacial score (nSPS) is 14.9. The van der Waals surface area contributed by atoms with Gasteiger partial charge in [0.25, 0.3) is 0 Å². The van der Waals surface area contributed by atoms with Gasteiger partial charge in [-0.3, -0.25) is 19.7 Å². The highest BCUT2D eigenvalue weighted by molar-refractivity contribution is 6.12. The van der Waals surface area contributed by atoms with Gasteiger partial charge in [-0.2, -0.15) is 13.2 Å². The Kier molecular flexibility index (Phi) is 7.92. The monoisotopic (exact) mass is 480 g/mol. The quantitative estimate of drug-likeness (QED) is 0.488. The van der Waals surface area contributed by atoms with E-state index < -0.39 is 11.9 Å². The molecule has 1 amide bonds. The van der Waals surface area contributed by atoms with E-state index in [9.17, 15) is 18.0 Å². The Balaban J connectivity index is 1.29. The van der Waals surface area contributed by atoms with Gasteiger partial charge in [-0.05, 0) is 24.5 Å². The van der Waals surface area contributed by atoms with E-state index in [1.807, 2.05) is 36.4 Å². The van der Waals surface area contributed by atoms with Gasteiger partial charge in [0, 0.05) is 42.9 Å². The molecule has 0 bridgehead atoms. The molecule has 35 heavy (non-hydrogen) atoms.